The van der Waals surface area contributed by atoms with E-state index in [-0.39, 0.29) is 0 Å². The third-order valence-corrected chi connectivity index (χ3v) is 9.98. The Hall–Kier alpha value is -4.79. The molecule has 0 fully saturated rings. The Morgan fingerprint density at radius 1 is 0.548 bits per heavy atom. The van der Waals surface area contributed by atoms with Gasteiger partial charge in [-0.15, -0.1) is 0 Å². The minimum Gasteiger partial charge on any atom is -0.308 e. The second-order valence-corrected chi connectivity index (χ2v) is 12.3. The number of para-hydroxylation sites is 2. The number of hydrogen-bond donors (Lipinski definition) is 0. The van der Waals surface area contributed by atoms with Crippen LogP contribution in [0.2, 0.25) is 0 Å². The predicted octanol–water partition coefficient (Wildman–Crippen LogP) is 11.7. The van der Waals surface area contributed by atoms with E-state index in [2.05, 4.69) is 144 Å². The first-order chi connectivity index (χ1) is 20.8. The van der Waals surface area contributed by atoms with E-state index in [0.29, 0.717) is 0 Å². The van der Waals surface area contributed by atoms with Crippen molar-refractivity contribution in [2.24, 2.45) is 0 Å². The number of fused-ring (bicyclic) bond motifs is 8. The standard InChI is InChI=1S/C40H27NS/c1-2-12-27-23-28(22-21-26(27)11-1)34-24-29-25-37(31-14-4-6-16-33(31)40(29)32-15-5-3-13-30(32)34)41-35-17-7-9-19-38(35)42-39-20-10-8-18-36(39)41/h1-2,4-12,14-25H,3,13H2. The summed E-state index contributed by atoms with van der Waals surface area (Å²) in [5, 5.41) is 7.80. The van der Waals surface area contributed by atoms with Gasteiger partial charge in [-0.25, -0.2) is 0 Å². The molecule has 0 saturated carbocycles. The highest BCUT2D eigenvalue weighted by molar-refractivity contribution is 7.99. The number of allylic oxidation sites excluding steroid dienone is 1. The largest absolute Gasteiger partial charge is 0.308 e. The molecule has 0 aromatic heterocycles. The smallest absolute Gasteiger partial charge is 0.0601 e. The zero-order chi connectivity index (χ0) is 27.6. The van der Waals surface area contributed by atoms with Crippen LogP contribution in [0.3, 0.4) is 0 Å². The van der Waals surface area contributed by atoms with Gasteiger partial charge in [0.1, 0.15) is 0 Å². The van der Waals surface area contributed by atoms with Gasteiger partial charge in [0, 0.05) is 15.2 Å². The summed E-state index contributed by atoms with van der Waals surface area (Å²) in [5.41, 5.74) is 9.17. The average molecular weight is 554 g/mol. The van der Waals surface area contributed by atoms with Gasteiger partial charge >= 0.3 is 0 Å². The van der Waals surface area contributed by atoms with Crippen molar-refractivity contribution in [1.82, 2.24) is 0 Å². The van der Waals surface area contributed by atoms with E-state index in [1.807, 2.05) is 11.8 Å². The van der Waals surface area contributed by atoms with Crippen LogP contribution >= 0.6 is 11.8 Å². The van der Waals surface area contributed by atoms with Gasteiger partial charge in [0.15, 0.2) is 0 Å². The number of benzene rings is 7. The Kier molecular flexibility index (Phi) is 5.33. The maximum Gasteiger partial charge on any atom is 0.0601 e. The number of nitrogens with zero attached hydrogens (tertiary/aromatic N) is 1. The van der Waals surface area contributed by atoms with Gasteiger partial charge in [-0.05, 0) is 104 Å². The summed E-state index contributed by atoms with van der Waals surface area (Å²) < 4.78 is 0. The summed E-state index contributed by atoms with van der Waals surface area (Å²) >= 11 is 1.86. The molecule has 1 nitrogen and oxygen atoms in total. The summed E-state index contributed by atoms with van der Waals surface area (Å²) in [6, 6.07) is 47.1. The molecule has 7 aromatic rings. The highest BCUT2D eigenvalue weighted by Gasteiger charge is 2.27. The number of rotatable bonds is 2. The third-order valence-electron chi connectivity index (χ3n) is 8.85. The normalized spacial score (nSPS) is 13.8. The quantitative estimate of drug-likeness (QED) is 0.196. The van der Waals surface area contributed by atoms with E-state index in [1.54, 1.807) is 0 Å². The van der Waals surface area contributed by atoms with Crippen molar-refractivity contribution < 1.29 is 0 Å². The van der Waals surface area contributed by atoms with E-state index < -0.39 is 0 Å². The predicted molar refractivity (Wildman–Crippen MR) is 181 cm³/mol. The van der Waals surface area contributed by atoms with Crippen LogP contribution in [0.15, 0.2) is 143 Å². The average Bonchev–Trinajstić information content (AvgIpc) is 3.06. The first-order valence-corrected chi connectivity index (χ1v) is 15.5. The fraction of sp³-hybridized carbons (Fsp3) is 0.0500. The molecule has 0 radical (unpaired) electrons. The Morgan fingerprint density at radius 2 is 1.24 bits per heavy atom. The molecule has 0 spiro atoms. The lowest BCUT2D eigenvalue weighted by Crippen LogP contribution is -2.15. The third kappa shape index (κ3) is 3.59. The molecule has 198 valence electrons. The molecule has 0 unspecified atom stereocenters. The SMILES string of the molecule is C1=Cc2c(c(-c3ccc4ccccc4c3)cc3cc(N4c5ccccc5Sc5ccccc54)c4ccccc4c23)CC1. The van der Waals surface area contributed by atoms with Crippen LogP contribution in [-0.2, 0) is 6.42 Å². The Morgan fingerprint density at radius 3 is 2.05 bits per heavy atom. The van der Waals surface area contributed by atoms with Gasteiger partial charge in [0.25, 0.3) is 0 Å². The second kappa shape index (κ2) is 9.37. The highest BCUT2D eigenvalue weighted by atomic mass is 32.2. The van der Waals surface area contributed by atoms with Crippen molar-refractivity contribution in [2.75, 3.05) is 4.90 Å². The van der Waals surface area contributed by atoms with Crippen molar-refractivity contribution in [3.63, 3.8) is 0 Å². The lowest BCUT2D eigenvalue weighted by molar-refractivity contribution is 0.992. The fourth-order valence-corrected chi connectivity index (χ4v) is 8.03. The van der Waals surface area contributed by atoms with Crippen LogP contribution in [0.1, 0.15) is 17.5 Å². The molecule has 0 amide bonds. The molecule has 0 saturated heterocycles. The maximum atomic E-state index is 2.48. The summed E-state index contributed by atoms with van der Waals surface area (Å²) in [6.45, 7) is 0. The van der Waals surface area contributed by atoms with E-state index in [0.717, 1.165) is 12.8 Å². The molecule has 0 bridgehead atoms. The van der Waals surface area contributed by atoms with Crippen LogP contribution in [-0.4, -0.2) is 0 Å². The summed E-state index contributed by atoms with van der Waals surface area (Å²) in [6.07, 6.45) is 6.86. The molecular formula is C40H27NS. The van der Waals surface area contributed by atoms with Gasteiger partial charge in [0.05, 0.1) is 17.1 Å². The summed E-state index contributed by atoms with van der Waals surface area (Å²) in [5.74, 6) is 0. The summed E-state index contributed by atoms with van der Waals surface area (Å²) in [4.78, 5) is 5.05. The van der Waals surface area contributed by atoms with Crippen LogP contribution in [0.4, 0.5) is 17.1 Å². The maximum absolute atomic E-state index is 2.48. The van der Waals surface area contributed by atoms with Gasteiger partial charge in [-0.1, -0.05) is 109 Å². The molecule has 42 heavy (non-hydrogen) atoms. The van der Waals surface area contributed by atoms with Gasteiger partial charge in [0.2, 0.25) is 0 Å². The zero-order valence-corrected chi connectivity index (χ0v) is 23.9. The monoisotopic (exact) mass is 553 g/mol. The molecular weight excluding hydrogens is 527 g/mol. The molecule has 9 rings (SSSR count). The number of anilines is 3. The van der Waals surface area contributed by atoms with E-state index in [9.17, 15) is 0 Å². The van der Waals surface area contributed by atoms with Crippen molar-refractivity contribution in [3.8, 4) is 11.1 Å². The Balaban J connectivity index is 1.38. The van der Waals surface area contributed by atoms with Gasteiger partial charge in [-0.2, -0.15) is 0 Å². The minimum atomic E-state index is 1.06. The van der Waals surface area contributed by atoms with Gasteiger partial charge in [-0.3, -0.25) is 0 Å². The minimum absolute atomic E-state index is 1.06. The first-order valence-electron chi connectivity index (χ1n) is 14.7. The first kappa shape index (κ1) is 23.9. The zero-order valence-electron chi connectivity index (χ0n) is 23.0. The van der Waals surface area contributed by atoms with Crippen molar-refractivity contribution in [3.05, 3.63) is 145 Å². The van der Waals surface area contributed by atoms with Gasteiger partial charge < -0.3 is 4.90 Å². The molecule has 2 heteroatoms. The van der Waals surface area contributed by atoms with Crippen LogP contribution in [0.25, 0.3) is 49.5 Å². The van der Waals surface area contributed by atoms with E-state index in [4.69, 9.17) is 0 Å². The van der Waals surface area contributed by atoms with Crippen molar-refractivity contribution in [1.29, 1.82) is 0 Å². The van der Waals surface area contributed by atoms with Crippen LogP contribution in [0.5, 0.6) is 0 Å². The molecule has 1 aliphatic heterocycles. The van der Waals surface area contributed by atoms with E-state index >= 15 is 0 Å². The fourth-order valence-electron chi connectivity index (χ4n) is 6.98. The Bertz CT molecular complexity index is 2200. The second-order valence-electron chi connectivity index (χ2n) is 11.2. The van der Waals surface area contributed by atoms with Crippen LogP contribution < -0.4 is 4.90 Å². The lowest BCUT2D eigenvalue weighted by Gasteiger charge is -2.34. The molecule has 1 heterocycles. The van der Waals surface area contributed by atoms with E-state index in [1.165, 1.54) is 81.4 Å². The molecule has 0 atom stereocenters. The topological polar surface area (TPSA) is 3.24 Å². The molecule has 7 aromatic carbocycles. The van der Waals surface area contributed by atoms with Crippen molar-refractivity contribution in [2.45, 2.75) is 22.6 Å². The molecule has 2 aliphatic rings. The summed E-state index contributed by atoms with van der Waals surface area (Å²) in [7, 11) is 0. The van der Waals surface area contributed by atoms with Crippen LogP contribution in [0, 0.1) is 0 Å². The highest BCUT2D eigenvalue weighted by Crippen LogP contribution is 2.53. The van der Waals surface area contributed by atoms with Crippen molar-refractivity contribution >= 4 is 67.2 Å². The Labute approximate surface area is 249 Å². The molecule has 0 N–H and O–H groups in total. The lowest BCUT2D eigenvalue weighted by atomic mass is 9.83. The molecule has 1 aliphatic carbocycles. The number of hydrogen-bond acceptors (Lipinski definition) is 2.